The SMILES string of the molecule is CC(C)CCN=C1Nc2ccccc2Oc2ccc(Cl)cc21. The van der Waals surface area contributed by atoms with Gasteiger partial charge in [-0.05, 0) is 42.7 Å². The normalized spacial score (nSPS) is 14.8. The van der Waals surface area contributed by atoms with Crippen molar-refractivity contribution in [2.75, 3.05) is 11.9 Å². The van der Waals surface area contributed by atoms with Gasteiger partial charge in [-0.3, -0.25) is 4.99 Å². The molecule has 0 amide bonds. The standard InChI is InChI=1S/C18H19ClN2O/c1-12(2)9-10-20-18-14-11-13(19)7-8-16(14)22-17-6-4-3-5-15(17)21-18/h3-8,11-12H,9-10H2,1-2H3,(H,20,21). The zero-order valence-electron chi connectivity index (χ0n) is 12.8. The van der Waals surface area contributed by atoms with Gasteiger partial charge in [-0.15, -0.1) is 0 Å². The zero-order chi connectivity index (χ0) is 15.5. The number of aliphatic imine (C=N–C) groups is 1. The molecular formula is C18H19ClN2O. The lowest BCUT2D eigenvalue weighted by Gasteiger charge is -2.09. The Balaban J connectivity index is 2.02. The van der Waals surface area contributed by atoms with E-state index in [0.29, 0.717) is 10.9 Å². The number of benzene rings is 2. The second kappa shape index (κ2) is 6.41. The largest absolute Gasteiger partial charge is 0.454 e. The molecule has 114 valence electrons. The van der Waals surface area contributed by atoms with E-state index >= 15 is 0 Å². The summed E-state index contributed by atoms with van der Waals surface area (Å²) in [6.07, 6.45) is 1.05. The summed E-state index contributed by atoms with van der Waals surface area (Å²) < 4.78 is 6.01. The van der Waals surface area contributed by atoms with Crippen LogP contribution in [0, 0.1) is 5.92 Å². The lowest BCUT2D eigenvalue weighted by atomic mass is 10.1. The molecule has 3 rings (SSSR count). The summed E-state index contributed by atoms with van der Waals surface area (Å²) in [5.41, 5.74) is 1.81. The van der Waals surface area contributed by atoms with Crippen LogP contribution in [-0.4, -0.2) is 12.4 Å². The van der Waals surface area contributed by atoms with Crippen molar-refractivity contribution in [3.05, 3.63) is 53.1 Å². The van der Waals surface area contributed by atoms with Crippen molar-refractivity contribution in [1.82, 2.24) is 0 Å². The van der Waals surface area contributed by atoms with Crippen molar-refractivity contribution in [2.24, 2.45) is 10.9 Å². The lowest BCUT2D eigenvalue weighted by Crippen LogP contribution is -2.13. The smallest absolute Gasteiger partial charge is 0.150 e. The summed E-state index contributed by atoms with van der Waals surface area (Å²) in [5, 5.41) is 4.06. The summed E-state index contributed by atoms with van der Waals surface area (Å²) in [6, 6.07) is 13.5. The molecule has 0 fully saturated rings. The molecule has 0 saturated carbocycles. The van der Waals surface area contributed by atoms with Gasteiger partial charge in [0, 0.05) is 11.6 Å². The molecule has 0 bridgehead atoms. The fourth-order valence-corrected chi connectivity index (χ4v) is 2.48. The monoisotopic (exact) mass is 314 g/mol. The number of anilines is 1. The van der Waals surface area contributed by atoms with Crippen LogP contribution in [0.25, 0.3) is 0 Å². The van der Waals surface area contributed by atoms with Gasteiger partial charge >= 0.3 is 0 Å². The number of rotatable bonds is 3. The fraction of sp³-hybridized carbons (Fsp3) is 0.278. The highest BCUT2D eigenvalue weighted by atomic mass is 35.5. The first-order chi connectivity index (χ1) is 10.6. The summed E-state index contributed by atoms with van der Waals surface area (Å²) in [5.74, 6) is 2.99. The van der Waals surface area contributed by atoms with Crippen molar-refractivity contribution >= 4 is 23.1 Å². The molecule has 0 unspecified atom stereocenters. The third-order valence-corrected chi connectivity index (χ3v) is 3.77. The minimum Gasteiger partial charge on any atom is -0.454 e. The molecule has 22 heavy (non-hydrogen) atoms. The summed E-state index contributed by atoms with van der Waals surface area (Å²) in [6.45, 7) is 5.17. The average Bonchev–Trinajstić information content (AvgIpc) is 2.64. The quantitative estimate of drug-likeness (QED) is 0.828. The zero-order valence-corrected chi connectivity index (χ0v) is 13.5. The van der Waals surface area contributed by atoms with E-state index in [0.717, 1.165) is 41.6 Å². The number of amidine groups is 1. The van der Waals surface area contributed by atoms with Crippen LogP contribution in [0.3, 0.4) is 0 Å². The van der Waals surface area contributed by atoms with Gasteiger partial charge in [-0.25, -0.2) is 0 Å². The number of ether oxygens (including phenoxy) is 1. The van der Waals surface area contributed by atoms with Crippen LogP contribution in [-0.2, 0) is 0 Å². The van der Waals surface area contributed by atoms with Gasteiger partial charge in [-0.2, -0.15) is 0 Å². The number of fused-ring (bicyclic) bond motifs is 2. The Morgan fingerprint density at radius 3 is 2.77 bits per heavy atom. The van der Waals surface area contributed by atoms with E-state index in [2.05, 4.69) is 19.2 Å². The number of halogens is 1. The maximum atomic E-state index is 6.15. The number of hydrogen-bond donors (Lipinski definition) is 1. The predicted octanol–water partition coefficient (Wildman–Crippen LogP) is 5.35. The second-order valence-corrected chi connectivity index (χ2v) is 6.21. The van der Waals surface area contributed by atoms with Crippen molar-refractivity contribution in [2.45, 2.75) is 20.3 Å². The molecule has 0 spiro atoms. The van der Waals surface area contributed by atoms with Crippen LogP contribution in [0.4, 0.5) is 5.69 Å². The highest BCUT2D eigenvalue weighted by Gasteiger charge is 2.19. The second-order valence-electron chi connectivity index (χ2n) is 5.78. The van der Waals surface area contributed by atoms with Crippen molar-refractivity contribution in [3.63, 3.8) is 0 Å². The molecule has 0 aliphatic carbocycles. The molecule has 2 aromatic rings. The maximum Gasteiger partial charge on any atom is 0.150 e. The molecule has 0 saturated heterocycles. The number of para-hydroxylation sites is 2. The molecule has 1 N–H and O–H groups in total. The molecule has 2 aromatic carbocycles. The maximum absolute atomic E-state index is 6.15. The molecule has 4 heteroatoms. The van der Waals surface area contributed by atoms with Crippen LogP contribution >= 0.6 is 11.6 Å². The molecular weight excluding hydrogens is 296 g/mol. The molecule has 3 nitrogen and oxygen atoms in total. The summed E-state index contributed by atoms with van der Waals surface area (Å²) in [4.78, 5) is 4.73. The van der Waals surface area contributed by atoms with Gasteiger partial charge in [0.2, 0.25) is 0 Å². The van der Waals surface area contributed by atoms with E-state index in [9.17, 15) is 0 Å². The fourth-order valence-electron chi connectivity index (χ4n) is 2.31. The first-order valence-corrected chi connectivity index (χ1v) is 7.89. The topological polar surface area (TPSA) is 33.6 Å². The minimum atomic E-state index is 0.623. The Hall–Kier alpha value is -2.00. The Bertz CT molecular complexity index is 710. The van der Waals surface area contributed by atoms with E-state index in [1.54, 1.807) is 0 Å². The number of nitrogens with zero attached hydrogens (tertiary/aromatic N) is 1. The Labute approximate surface area is 136 Å². The molecule has 1 heterocycles. The van der Waals surface area contributed by atoms with Gasteiger partial charge in [-0.1, -0.05) is 37.6 Å². The first-order valence-electron chi connectivity index (χ1n) is 7.52. The minimum absolute atomic E-state index is 0.623. The molecule has 0 atom stereocenters. The lowest BCUT2D eigenvalue weighted by molar-refractivity contribution is 0.486. The molecule has 1 aliphatic heterocycles. The Kier molecular flexibility index (Phi) is 4.34. The first kappa shape index (κ1) is 14.9. The van der Waals surface area contributed by atoms with Crippen LogP contribution < -0.4 is 10.1 Å². The predicted molar refractivity (Wildman–Crippen MR) is 92.4 cm³/mol. The van der Waals surface area contributed by atoms with Gasteiger partial charge in [0.25, 0.3) is 0 Å². The third-order valence-electron chi connectivity index (χ3n) is 3.53. The Morgan fingerprint density at radius 1 is 1.14 bits per heavy atom. The van der Waals surface area contributed by atoms with Crippen LogP contribution in [0.1, 0.15) is 25.8 Å². The third kappa shape index (κ3) is 3.25. The van der Waals surface area contributed by atoms with Crippen LogP contribution in [0.15, 0.2) is 47.5 Å². The van der Waals surface area contributed by atoms with E-state index in [1.807, 2.05) is 42.5 Å². The van der Waals surface area contributed by atoms with Crippen LogP contribution in [0.5, 0.6) is 11.5 Å². The van der Waals surface area contributed by atoms with E-state index in [4.69, 9.17) is 21.3 Å². The number of nitrogens with one attached hydrogen (secondary N) is 1. The highest BCUT2D eigenvalue weighted by Crippen LogP contribution is 2.36. The summed E-state index contributed by atoms with van der Waals surface area (Å²) >= 11 is 6.15. The Morgan fingerprint density at radius 2 is 1.95 bits per heavy atom. The molecule has 0 aromatic heterocycles. The number of hydrogen-bond acceptors (Lipinski definition) is 2. The molecule has 0 radical (unpaired) electrons. The van der Waals surface area contributed by atoms with Gasteiger partial charge < -0.3 is 10.1 Å². The van der Waals surface area contributed by atoms with Crippen molar-refractivity contribution < 1.29 is 4.74 Å². The average molecular weight is 315 g/mol. The van der Waals surface area contributed by atoms with E-state index < -0.39 is 0 Å². The van der Waals surface area contributed by atoms with Gasteiger partial charge in [0.05, 0.1) is 11.3 Å². The van der Waals surface area contributed by atoms with E-state index in [-0.39, 0.29) is 0 Å². The summed E-state index contributed by atoms with van der Waals surface area (Å²) in [7, 11) is 0. The van der Waals surface area contributed by atoms with Gasteiger partial charge in [0.15, 0.2) is 5.75 Å². The van der Waals surface area contributed by atoms with E-state index in [1.165, 1.54) is 0 Å². The van der Waals surface area contributed by atoms with Crippen molar-refractivity contribution in [3.8, 4) is 11.5 Å². The van der Waals surface area contributed by atoms with Crippen molar-refractivity contribution in [1.29, 1.82) is 0 Å². The van der Waals surface area contributed by atoms with Gasteiger partial charge in [0.1, 0.15) is 11.6 Å². The highest BCUT2D eigenvalue weighted by molar-refractivity contribution is 6.31. The molecule has 1 aliphatic rings. The van der Waals surface area contributed by atoms with Crippen LogP contribution in [0.2, 0.25) is 5.02 Å².